The van der Waals surface area contributed by atoms with Gasteiger partial charge in [0.25, 0.3) is 0 Å². The van der Waals surface area contributed by atoms with E-state index in [2.05, 4.69) is 15.5 Å². The smallest absolute Gasteiger partial charge is 0.185 e. The number of hydrogen-bond donors (Lipinski definition) is 1. The van der Waals surface area contributed by atoms with E-state index in [0.717, 1.165) is 16.7 Å². The van der Waals surface area contributed by atoms with Gasteiger partial charge in [-0.2, -0.15) is 4.52 Å². The predicted octanol–water partition coefficient (Wildman–Crippen LogP) is 0.778. The monoisotopic (exact) mass is 230 g/mol. The molecule has 0 fully saturated rings. The molecule has 0 amide bonds. The Morgan fingerprint density at radius 2 is 2.24 bits per heavy atom. The third kappa shape index (κ3) is 1.42. The lowest BCUT2D eigenvalue weighted by Gasteiger charge is -2.05. The van der Waals surface area contributed by atoms with Crippen LogP contribution in [-0.2, 0) is 6.61 Å². The molecule has 1 aromatic carbocycles. The Kier molecular flexibility index (Phi) is 2.15. The van der Waals surface area contributed by atoms with Crippen LogP contribution in [-0.4, -0.2) is 32.3 Å². The number of rotatable bonds is 2. The fraction of sp³-hybridized carbons (Fsp3) is 0.182. The first kappa shape index (κ1) is 9.98. The van der Waals surface area contributed by atoms with E-state index in [1.165, 1.54) is 0 Å². The third-order valence-electron chi connectivity index (χ3n) is 2.72. The summed E-state index contributed by atoms with van der Waals surface area (Å²) in [7, 11) is 1.61. The van der Waals surface area contributed by atoms with Crippen LogP contribution in [0.4, 0.5) is 0 Å². The molecule has 1 N–H and O–H groups in total. The zero-order valence-electron chi connectivity index (χ0n) is 9.16. The Bertz CT molecular complexity index is 692. The second-order valence-electron chi connectivity index (χ2n) is 3.67. The Morgan fingerprint density at radius 3 is 3.00 bits per heavy atom. The average Bonchev–Trinajstić information content (AvgIpc) is 2.86. The molecule has 17 heavy (non-hydrogen) atoms. The lowest BCUT2D eigenvalue weighted by atomic mass is 10.1. The second-order valence-corrected chi connectivity index (χ2v) is 3.67. The molecule has 0 bridgehead atoms. The van der Waals surface area contributed by atoms with Gasteiger partial charge in [0.1, 0.15) is 5.75 Å². The molecule has 0 unspecified atom stereocenters. The molecule has 3 rings (SSSR count). The number of tetrazole rings is 1. The summed E-state index contributed by atoms with van der Waals surface area (Å²) in [5.41, 5.74) is 2.14. The summed E-state index contributed by atoms with van der Waals surface area (Å²) in [6.45, 7) is -0.100. The van der Waals surface area contributed by atoms with Crippen molar-refractivity contribution in [2.45, 2.75) is 6.61 Å². The van der Waals surface area contributed by atoms with Gasteiger partial charge in [-0.15, -0.1) is 5.10 Å². The van der Waals surface area contributed by atoms with Gasteiger partial charge in [0.2, 0.25) is 0 Å². The molecule has 0 saturated heterocycles. The molecule has 0 saturated carbocycles. The molecule has 86 valence electrons. The van der Waals surface area contributed by atoms with E-state index < -0.39 is 0 Å². The van der Waals surface area contributed by atoms with Crippen molar-refractivity contribution in [2.24, 2.45) is 0 Å². The quantitative estimate of drug-likeness (QED) is 0.704. The van der Waals surface area contributed by atoms with E-state index in [1.807, 2.05) is 24.3 Å². The molecule has 2 aromatic heterocycles. The van der Waals surface area contributed by atoms with Gasteiger partial charge in [-0.25, -0.2) is 0 Å². The highest BCUT2D eigenvalue weighted by Gasteiger charge is 2.09. The van der Waals surface area contributed by atoms with E-state index in [0.29, 0.717) is 11.2 Å². The van der Waals surface area contributed by atoms with Crippen LogP contribution < -0.4 is 4.74 Å². The molecule has 6 nitrogen and oxygen atoms in total. The second kappa shape index (κ2) is 3.67. The SMILES string of the molecule is COc1ccc2c(c1)cc(CO)c1nnnn12. The summed E-state index contributed by atoms with van der Waals surface area (Å²) in [4.78, 5) is 0. The van der Waals surface area contributed by atoms with Gasteiger partial charge >= 0.3 is 0 Å². The minimum Gasteiger partial charge on any atom is -0.497 e. The van der Waals surface area contributed by atoms with Crippen LogP contribution in [0.1, 0.15) is 5.56 Å². The largest absolute Gasteiger partial charge is 0.497 e. The summed E-state index contributed by atoms with van der Waals surface area (Å²) < 4.78 is 6.78. The van der Waals surface area contributed by atoms with Crippen molar-refractivity contribution < 1.29 is 9.84 Å². The molecule has 0 radical (unpaired) electrons. The van der Waals surface area contributed by atoms with Crippen molar-refractivity contribution in [2.75, 3.05) is 7.11 Å². The van der Waals surface area contributed by atoms with E-state index in [4.69, 9.17) is 4.74 Å². The van der Waals surface area contributed by atoms with Crippen LogP contribution in [0.2, 0.25) is 0 Å². The van der Waals surface area contributed by atoms with Crippen LogP contribution >= 0.6 is 0 Å². The maximum absolute atomic E-state index is 9.30. The van der Waals surface area contributed by atoms with Crippen LogP contribution in [0, 0.1) is 0 Å². The van der Waals surface area contributed by atoms with Crippen molar-refractivity contribution in [1.82, 2.24) is 20.0 Å². The standard InChI is InChI=1S/C11H10N4O2/c1-17-9-2-3-10-7(5-9)4-8(6-16)11-12-13-14-15(10)11/h2-5,16H,6H2,1H3. The number of fused-ring (bicyclic) bond motifs is 3. The molecule has 3 aromatic rings. The lowest BCUT2D eigenvalue weighted by Crippen LogP contribution is -1.96. The lowest BCUT2D eigenvalue weighted by molar-refractivity contribution is 0.283. The van der Waals surface area contributed by atoms with Gasteiger partial charge < -0.3 is 9.84 Å². The summed E-state index contributed by atoms with van der Waals surface area (Å²) in [6.07, 6.45) is 0. The highest BCUT2D eigenvalue weighted by Crippen LogP contribution is 2.23. The van der Waals surface area contributed by atoms with E-state index in [9.17, 15) is 5.11 Å². The van der Waals surface area contributed by atoms with Crippen molar-refractivity contribution in [1.29, 1.82) is 0 Å². The molecular weight excluding hydrogens is 220 g/mol. The number of hydrogen-bond acceptors (Lipinski definition) is 5. The molecule has 0 spiro atoms. The number of benzene rings is 1. The van der Waals surface area contributed by atoms with Crippen molar-refractivity contribution in [3.05, 3.63) is 29.8 Å². The molecular formula is C11H10N4O2. The normalized spacial score (nSPS) is 11.2. The Balaban J connectivity index is 2.44. The van der Waals surface area contributed by atoms with E-state index >= 15 is 0 Å². The molecule has 0 aliphatic carbocycles. The zero-order valence-corrected chi connectivity index (χ0v) is 9.16. The number of pyridine rings is 1. The van der Waals surface area contributed by atoms with Gasteiger partial charge in [0.15, 0.2) is 5.65 Å². The summed E-state index contributed by atoms with van der Waals surface area (Å²) in [5.74, 6) is 0.758. The minimum absolute atomic E-state index is 0.100. The van der Waals surface area contributed by atoms with Crippen LogP contribution in [0.3, 0.4) is 0 Å². The first-order valence-electron chi connectivity index (χ1n) is 5.12. The van der Waals surface area contributed by atoms with Crippen LogP contribution in [0.5, 0.6) is 5.75 Å². The van der Waals surface area contributed by atoms with Crippen molar-refractivity contribution in [3.8, 4) is 5.75 Å². The average molecular weight is 230 g/mol. The number of methoxy groups -OCH3 is 1. The fourth-order valence-electron chi connectivity index (χ4n) is 1.89. The van der Waals surface area contributed by atoms with Gasteiger partial charge in [-0.1, -0.05) is 0 Å². The predicted molar refractivity (Wildman–Crippen MR) is 60.8 cm³/mol. The fourth-order valence-corrected chi connectivity index (χ4v) is 1.89. The number of aliphatic hydroxyl groups is 1. The summed E-state index contributed by atoms with van der Waals surface area (Å²) in [6, 6.07) is 7.49. The van der Waals surface area contributed by atoms with Crippen LogP contribution in [0.15, 0.2) is 24.3 Å². The summed E-state index contributed by atoms with van der Waals surface area (Å²) >= 11 is 0. The first-order chi connectivity index (χ1) is 8.33. The molecule has 6 heteroatoms. The van der Waals surface area contributed by atoms with Gasteiger partial charge in [0, 0.05) is 10.9 Å². The van der Waals surface area contributed by atoms with Crippen LogP contribution in [0.25, 0.3) is 16.6 Å². The number of aliphatic hydroxyl groups excluding tert-OH is 1. The number of aromatic nitrogens is 4. The highest BCUT2D eigenvalue weighted by atomic mass is 16.5. The minimum atomic E-state index is -0.100. The topological polar surface area (TPSA) is 72.5 Å². The third-order valence-corrected chi connectivity index (χ3v) is 2.72. The number of ether oxygens (including phenoxy) is 1. The Morgan fingerprint density at radius 1 is 1.35 bits per heavy atom. The zero-order chi connectivity index (χ0) is 11.8. The van der Waals surface area contributed by atoms with Gasteiger partial charge in [-0.3, -0.25) is 0 Å². The number of nitrogens with zero attached hydrogens (tertiary/aromatic N) is 4. The summed E-state index contributed by atoms with van der Waals surface area (Å²) in [5, 5.41) is 21.7. The maximum Gasteiger partial charge on any atom is 0.185 e. The van der Waals surface area contributed by atoms with Gasteiger partial charge in [0.05, 0.1) is 19.2 Å². The molecule has 2 heterocycles. The maximum atomic E-state index is 9.30. The van der Waals surface area contributed by atoms with E-state index in [1.54, 1.807) is 11.6 Å². The molecule has 0 aliphatic heterocycles. The first-order valence-corrected chi connectivity index (χ1v) is 5.12. The van der Waals surface area contributed by atoms with Gasteiger partial charge in [-0.05, 0) is 34.7 Å². The van der Waals surface area contributed by atoms with Crippen molar-refractivity contribution in [3.63, 3.8) is 0 Å². The Labute approximate surface area is 96.4 Å². The van der Waals surface area contributed by atoms with Crippen molar-refractivity contribution >= 4 is 16.6 Å². The Hall–Kier alpha value is -2.21. The molecule has 0 aliphatic rings. The molecule has 0 atom stereocenters. The van der Waals surface area contributed by atoms with E-state index in [-0.39, 0.29) is 6.61 Å². The highest BCUT2D eigenvalue weighted by molar-refractivity contribution is 5.84.